The number of sulfone groups is 1. The number of nitrogens with one attached hydrogen (secondary N) is 2. The number of carbonyl (C=O) groups is 1. The first-order valence-electron chi connectivity index (χ1n) is 12.8. The molecule has 40 heavy (non-hydrogen) atoms. The summed E-state index contributed by atoms with van der Waals surface area (Å²) in [6, 6.07) is 10.5. The van der Waals surface area contributed by atoms with Crippen molar-refractivity contribution in [2.45, 2.75) is 35.4 Å². The number of aliphatic hydroxyl groups is 1. The molecule has 212 valence electrons. The number of carbonyl (C=O) groups excluding carboxylic acids is 1. The number of aromatic nitrogens is 2. The number of nitrogens with zero attached hydrogens (tertiary/aromatic N) is 3. The maximum absolute atomic E-state index is 14.0. The van der Waals surface area contributed by atoms with E-state index in [0.717, 1.165) is 12.1 Å². The number of benzene rings is 2. The highest BCUT2D eigenvalue weighted by molar-refractivity contribution is 7.92. The summed E-state index contributed by atoms with van der Waals surface area (Å²) < 4.78 is 59.3. The fourth-order valence-corrected chi connectivity index (χ4v) is 6.68. The first kappa shape index (κ1) is 27.9. The molecule has 13 heteroatoms. The SMILES string of the molecule is C[C@H]1COCCN1c1cc(C2(S(=O)(=O)c3ccc(F)c(F)c3)CC2)nc(-c2ccc(NC(=O)NCCO)cc2)n1. The maximum Gasteiger partial charge on any atom is 0.319 e. The van der Waals surface area contributed by atoms with Gasteiger partial charge in [-0.05, 0) is 62.2 Å². The van der Waals surface area contributed by atoms with Gasteiger partial charge < -0.3 is 25.4 Å². The monoisotopic (exact) mass is 573 g/mol. The van der Waals surface area contributed by atoms with Crippen LogP contribution in [-0.2, 0) is 19.3 Å². The second-order valence-corrected chi connectivity index (χ2v) is 12.1. The van der Waals surface area contributed by atoms with Crippen molar-refractivity contribution in [2.75, 3.05) is 43.1 Å². The highest BCUT2D eigenvalue weighted by atomic mass is 32.2. The molecular formula is C27H29F2N5O5S. The minimum absolute atomic E-state index is 0.0219. The molecule has 3 aromatic rings. The van der Waals surface area contributed by atoms with Crippen LogP contribution < -0.4 is 15.5 Å². The Bertz CT molecular complexity index is 1520. The molecule has 2 aromatic carbocycles. The molecule has 5 rings (SSSR count). The zero-order valence-corrected chi connectivity index (χ0v) is 22.5. The second kappa shape index (κ2) is 11.1. The smallest absolute Gasteiger partial charge is 0.319 e. The summed E-state index contributed by atoms with van der Waals surface area (Å²) in [6.45, 7) is 3.42. The van der Waals surface area contributed by atoms with E-state index in [2.05, 4.69) is 15.6 Å². The van der Waals surface area contributed by atoms with Gasteiger partial charge in [0.2, 0.25) is 0 Å². The van der Waals surface area contributed by atoms with E-state index < -0.39 is 32.2 Å². The van der Waals surface area contributed by atoms with E-state index in [9.17, 15) is 22.0 Å². The van der Waals surface area contributed by atoms with E-state index in [1.165, 1.54) is 0 Å². The van der Waals surface area contributed by atoms with Gasteiger partial charge in [-0.2, -0.15) is 0 Å². The summed E-state index contributed by atoms with van der Waals surface area (Å²) in [5.41, 5.74) is 1.37. The van der Waals surface area contributed by atoms with Crippen molar-refractivity contribution in [3.8, 4) is 11.4 Å². The van der Waals surface area contributed by atoms with E-state index in [-0.39, 0.29) is 48.4 Å². The van der Waals surface area contributed by atoms with Crippen molar-refractivity contribution in [1.29, 1.82) is 0 Å². The molecule has 1 aliphatic carbocycles. The van der Waals surface area contributed by atoms with E-state index in [1.54, 1.807) is 30.3 Å². The molecule has 3 N–H and O–H groups in total. The lowest BCUT2D eigenvalue weighted by Crippen LogP contribution is -2.44. The van der Waals surface area contributed by atoms with Gasteiger partial charge in [0.1, 0.15) is 10.6 Å². The lowest BCUT2D eigenvalue weighted by Gasteiger charge is -2.34. The third kappa shape index (κ3) is 5.36. The predicted octanol–water partition coefficient (Wildman–Crippen LogP) is 3.22. The molecule has 0 spiro atoms. The van der Waals surface area contributed by atoms with Crippen LogP contribution in [0.3, 0.4) is 0 Å². The summed E-state index contributed by atoms with van der Waals surface area (Å²) in [4.78, 5) is 23.1. The number of hydrogen-bond donors (Lipinski definition) is 3. The molecule has 2 amide bonds. The van der Waals surface area contributed by atoms with Gasteiger partial charge in [-0.3, -0.25) is 0 Å². The molecule has 2 aliphatic rings. The van der Waals surface area contributed by atoms with Crippen molar-refractivity contribution in [2.24, 2.45) is 0 Å². The van der Waals surface area contributed by atoms with Gasteiger partial charge in [0.25, 0.3) is 0 Å². The molecule has 1 aliphatic heterocycles. The number of morpholine rings is 1. The van der Waals surface area contributed by atoms with Gasteiger partial charge >= 0.3 is 6.03 Å². The van der Waals surface area contributed by atoms with Crippen LogP contribution in [0.15, 0.2) is 53.4 Å². The molecule has 0 bridgehead atoms. The van der Waals surface area contributed by atoms with Crippen molar-refractivity contribution >= 4 is 27.4 Å². The predicted molar refractivity (Wildman–Crippen MR) is 144 cm³/mol. The largest absolute Gasteiger partial charge is 0.395 e. The lowest BCUT2D eigenvalue weighted by atomic mass is 10.1. The summed E-state index contributed by atoms with van der Waals surface area (Å²) in [6.07, 6.45) is 0.545. The number of ether oxygens (including phenoxy) is 1. The Morgan fingerprint density at radius 2 is 1.88 bits per heavy atom. The van der Waals surface area contributed by atoms with Crippen LogP contribution in [0.1, 0.15) is 25.5 Å². The van der Waals surface area contributed by atoms with Crippen LogP contribution in [0.25, 0.3) is 11.4 Å². The molecule has 1 aromatic heterocycles. The van der Waals surface area contributed by atoms with Crippen molar-refractivity contribution < 1.29 is 31.8 Å². The van der Waals surface area contributed by atoms with Crippen molar-refractivity contribution in [3.63, 3.8) is 0 Å². The highest BCUT2D eigenvalue weighted by Crippen LogP contribution is 2.55. The van der Waals surface area contributed by atoms with Gasteiger partial charge in [-0.25, -0.2) is 32.0 Å². The molecule has 10 nitrogen and oxygen atoms in total. The fourth-order valence-electron chi connectivity index (χ4n) is 4.70. The average Bonchev–Trinajstić information content (AvgIpc) is 3.77. The van der Waals surface area contributed by atoms with Crippen LogP contribution in [0.4, 0.5) is 25.1 Å². The summed E-state index contributed by atoms with van der Waals surface area (Å²) in [5.74, 6) is -1.54. The molecule has 0 unspecified atom stereocenters. The maximum atomic E-state index is 14.0. The molecule has 1 atom stereocenters. The number of rotatable bonds is 8. The van der Waals surface area contributed by atoms with Crippen LogP contribution in [0.5, 0.6) is 0 Å². The highest BCUT2D eigenvalue weighted by Gasteiger charge is 2.58. The zero-order valence-electron chi connectivity index (χ0n) is 21.7. The summed E-state index contributed by atoms with van der Waals surface area (Å²) in [5, 5.41) is 14.0. The minimum Gasteiger partial charge on any atom is -0.395 e. The fraction of sp³-hybridized carbons (Fsp3) is 0.370. The Morgan fingerprint density at radius 3 is 2.52 bits per heavy atom. The zero-order chi connectivity index (χ0) is 28.5. The van der Waals surface area contributed by atoms with Crippen LogP contribution >= 0.6 is 0 Å². The Morgan fingerprint density at radius 1 is 1.12 bits per heavy atom. The van der Waals surface area contributed by atoms with E-state index in [0.29, 0.717) is 42.9 Å². The Kier molecular flexibility index (Phi) is 7.71. The molecule has 2 fully saturated rings. The van der Waals surface area contributed by atoms with E-state index in [4.69, 9.17) is 14.8 Å². The Labute approximate surface area is 230 Å². The molecular weight excluding hydrogens is 544 g/mol. The summed E-state index contributed by atoms with van der Waals surface area (Å²) >= 11 is 0. The minimum atomic E-state index is -4.12. The molecule has 2 heterocycles. The number of halogens is 2. The first-order valence-corrected chi connectivity index (χ1v) is 14.3. The normalized spacial score (nSPS) is 18.3. The number of amides is 2. The van der Waals surface area contributed by atoms with Gasteiger partial charge in [-0.15, -0.1) is 0 Å². The first-order chi connectivity index (χ1) is 19.1. The lowest BCUT2D eigenvalue weighted by molar-refractivity contribution is 0.0985. The van der Waals surface area contributed by atoms with E-state index in [1.807, 2.05) is 11.8 Å². The quantitative estimate of drug-likeness (QED) is 0.350. The topological polar surface area (TPSA) is 134 Å². The number of aliphatic hydroxyl groups excluding tert-OH is 1. The summed E-state index contributed by atoms with van der Waals surface area (Å²) in [7, 11) is -4.12. The Balaban J connectivity index is 1.54. The number of anilines is 2. The van der Waals surface area contributed by atoms with E-state index >= 15 is 0 Å². The van der Waals surface area contributed by atoms with Crippen LogP contribution in [0.2, 0.25) is 0 Å². The van der Waals surface area contributed by atoms with Gasteiger partial charge in [0.05, 0.1) is 36.5 Å². The standard InChI is InChI=1S/C27H29F2N5O5S/c1-17-16-39-13-11-34(17)24-15-23(27(8-9-27)40(37,38)20-6-7-21(28)22(29)14-20)32-25(33-24)18-2-4-19(5-3-18)31-26(36)30-10-12-35/h2-7,14-15,17,35H,8-13,16H2,1H3,(H2,30,31,36)/t17-/m0/s1. The average molecular weight is 574 g/mol. The number of hydrogen-bond acceptors (Lipinski definition) is 8. The van der Waals surface area contributed by atoms with Crippen molar-refractivity contribution in [1.82, 2.24) is 15.3 Å². The second-order valence-electron chi connectivity index (χ2n) is 9.81. The van der Waals surface area contributed by atoms with Gasteiger partial charge in [-0.1, -0.05) is 0 Å². The number of urea groups is 1. The van der Waals surface area contributed by atoms with Crippen molar-refractivity contribution in [3.05, 3.63) is 65.9 Å². The third-order valence-electron chi connectivity index (χ3n) is 7.06. The molecule has 0 radical (unpaired) electrons. The Hall–Kier alpha value is -3.68. The van der Waals surface area contributed by atoms with Crippen LogP contribution in [0, 0.1) is 11.6 Å². The van der Waals surface area contributed by atoms with Crippen LogP contribution in [-0.4, -0.2) is 68.5 Å². The van der Waals surface area contributed by atoms with Gasteiger partial charge in [0, 0.05) is 30.4 Å². The molecule has 1 saturated carbocycles. The van der Waals surface area contributed by atoms with Gasteiger partial charge in [0.15, 0.2) is 27.3 Å². The molecule has 1 saturated heterocycles. The third-order valence-corrected chi connectivity index (χ3v) is 9.58.